The van der Waals surface area contributed by atoms with Crippen molar-refractivity contribution >= 4 is 5.91 Å². The van der Waals surface area contributed by atoms with Crippen LogP contribution in [0, 0.1) is 12.7 Å². The third-order valence-electron chi connectivity index (χ3n) is 2.86. The Morgan fingerprint density at radius 3 is 2.65 bits per heavy atom. The third kappa shape index (κ3) is 3.53. The molecule has 3 nitrogen and oxygen atoms in total. The van der Waals surface area contributed by atoms with Crippen molar-refractivity contribution in [2.24, 2.45) is 5.73 Å². The van der Waals surface area contributed by atoms with Crippen LogP contribution in [0.3, 0.4) is 0 Å². The van der Waals surface area contributed by atoms with E-state index in [4.69, 9.17) is 5.73 Å². The molecule has 17 heavy (non-hydrogen) atoms. The number of hydrogen-bond acceptors (Lipinski definition) is 2. The summed E-state index contributed by atoms with van der Waals surface area (Å²) in [5.74, 6) is -0.725. The van der Waals surface area contributed by atoms with E-state index in [9.17, 15) is 9.18 Å². The van der Waals surface area contributed by atoms with Crippen molar-refractivity contribution in [1.29, 1.82) is 0 Å². The topological polar surface area (TPSA) is 55.1 Å². The van der Waals surface area contributed by atoms with Crippen LogP contribution in [0.2, 0.25) is 0 Å². The average Bonchev–Trinajstić information content (AvgIpc) is 2.29. The maximum atomic E-state index is 13.2. The zero-order valence-corrected chi connectivity index (χ0v) is 10.5. The monoisotopic (exact) mass is 238 g/mol. The molecule has 2 atom stereocenters. The molecule has 0 heterocycles. The first-order valence-electron chi connectivity index (χ1n) is 5.77. The summed E-state index contributed by atoms with van der Waals surface area (Å²) < 4.78 is 13.2. The van der Waals surface area contributed by atoms with E-state index in [1.807, 2.05) is 13.8 Å². The molecule has 4 heteroatoms. The number of halogens is 1. The number of primary amides is 1. The Bertz CT molecular complexity index is 406. The molecule has 1 aromatic carbocycles. The number of benzene rings is 1. The molecule has 0 saturated carbocycles. The van der Waals surface area contributed by atoms with Crippen LogP contribution >= 0.6 is 0 Å². The van der Waals surface area contributed by atoms with Gasteiger partial charge in [0.05, 0.1) is 0 Å². The lowest BCUT2D eigenvalue weighted by molar-refractivity contribution is -0.120. The predicted molar refractivity (Wildman–Crippen MR) is 66.0 cm³/mol. The quantitative estimate of drug-likeness (QED) is 0.825. The minimum Gasteiger partial charge on any atom is -0.368 e. The molecule has 1 aromatic rings. The molecular formula is C13H19FN2O. The van der Waals surface area contributed by atoms with Crippen molar-refractivity contribution in [3.8, 4) is 0 Å². The number of carbonyl (C=O) groups is 1. The van der Waals surface area contributed by atoms with Gasteiger partial charge in [-0.25, -0.2) is 4.39 Å². The van der Waals surface area contributed by atoms with Gasteiger partial charge in [0.1, 0.15) is 11.9 Å². The summed E-state index contributed by atoms with van der Waals surface area (Å²) >= 11 is 0. The van der Waals surface area contributed by atoms with Crippen molar-refractivity contribution in [2.75, 3.05) is 0 Å². The van der Waals surface area contributed by atoms with E-state index >= 15 is 0 Å². The summed E-state index contributed by atoms with van der Waals surface area (Å²) in [4.78, 5) is 11.4. The summed E-state index contributed by atoms with van der Waals surface area (Å²) in [5, 5.41) is 3.13. The van der Waals surface area contributed by atoms with E-state index in [2.05, 4.69) is 5.32 Å². The zero-order chi connectivity index (χ0) is 13.0. The number of hydrogen-bond donors (Lipinski definition) is 2. The average molecular weight is 238 g/mol. The summed E-state index contributed by atoms with van der Waals surface area (Å²) in [5.41, 5.74) is 6.58. The normalized spacial score (nSPS) is 14.4. The van der Waals surface area contributed by atoms with E-state index in [0.717, 1.165) is 6.42 Å². The Hall–Kier alpha value is -1.42. The minimum atomic E-state index is -0.566. The van der Waals surface area contributed by atoms with Crippen molar-refractivity contribution in [2.45, 2.75) is 39.3 Å². The lowest BCUT2D eigenvalue weighted by Crippen LogP contribution is -2.38. The van der Waals surface area contributed by atoms with E-state index in [1.165, 1.54) is 6.07 Å². The zero-order valence-electron chi connectivity index (χ0n) is 10.5. The molecule has 94 valence electrons. The Morgan fingerprint density at radius 1 is 1.53 bits per heavy atom. The highest BCUT2D eigenvalue weighted by atomic mass is 19.1. The molecule has 1 rings (SSSR count). The van der Waals surface area contributed by atoms with Crippen molar-refractivity contribution < 1.29 is 9.18 Å². The first kappa shape index (κ1) is 13.6. The molecule has 0 spiro atoms. The molecule has 0 fully saturated rings. The van der Waals surface area contributed by atoms with Gasteiger partial charge in [-0.1, -0.05) is 19.1 Å². The largest absolute Gasteiger partial charge is 0.368 e. The minimum absolute atomic E-state index is 0.179. The first-order valence-corrected chi connectivity index (χ1v) is 5.77. The summed E-state index contributed by atoms with van der Waals surface area (Å²) in [6, 6.07) is 4.22. The molecule has 3 N–H and O–H groups in total. The molecule has 0 saturated heterocycles. The smallest absolute Gasteiger partial charge is 0.239 e. The fourth-order valence-corrected chi connectivity index (χ4v) is 1.59. The number of nitrogens with one attached hydrogen (secondary N) is 1. The van der Waals surface area contributed by atoms with E-state index in [1.54, 1.807) is 19.1 Å². The number of rotatable bonds is 5. The Morgan fingerprint density at radius 2 is 2.18 bits per heavy atom. The number of amides is 1. The standard InChI is InChI=1S/C13H19FN2O/c1-4-9(3)16-12(13(15)17)10-5-6-11(14)8(2)7-10/h5-7,9,12,16H,4H2,1-3H3,(H2,15,17). The maximum absolute atomic E-state index is 13.2. The van der Waals surface area contributed by atoms with Gasteiger partial charge in [-0.05, 0) is 37.5 Å². The van der Waals surface area contributed by atoms with Crippen molar-refractivity contribution in [3.05, 3.63) is 35.1 Å². The second kappa shape index (κ2) is 5.77. The van der Waals surface area contributed by atoms with Crippen LogP contribution in [0.4, 0.5) is 4.39 Å². The van der Waals surface area contributed by atoms with Crippen LogP contribution in [-0.4, -0.2) is 11.9 Å². The Kier molecular flexibility index (Phi) is 4.63. The van der Waals surface area contributed by atoms with E-state index in [0.29, 0.717) is 11.1 Å². The molecular weight excluding hydrogens is 219 g/mol. The highest BCUT2D eigenvalue weighted by Crippen LogP contribution is 2.17. The third-order valence-corrected chi connectivity index (χ3v) is 2.86. The number of carbonyl (C=O) groups excluding carboxylic acids is 1. The second-order valence-corrected chi connectivity index (χ2v) is 4.32. The van der Waals surface area contributed by atoms with Gasteiger partial charge in [-0.2, -0.15) is 0 Å². The molecule has 0 bridgehead atoms. The molecule has 0 aliphatic heterocycles. The van der Waals surface area contributed by atoms with Gasteiger partial charge < -0.3 is 5.73 Å². The molecule has 2 unspecified atom stereocenters. The molecule has 0 aliphatic carbocycles. The molecule has 0 aliphatic rings. The van der Waals surface area contributed by atoms with Gasteiger partial charge in [0.2, 0.25) is 5.91 Å². The van der Waals surface area contributed by atoms with Crippen LogP contribution in [-0.2, 0) is 4.79 Å². The maximum Gasteiger partial charge on any atom is 0.239 e. The highest BCUT2D eigenvalue weighted by molar-refractivity contribution is 5.81. The molecule has 0 aromatic heterocycles. The lowest BCUT2D eigenvalue weighted by atomic mass is 10.0. The van der Waals surface area contributed by atoms with Gasteiger partial charge in [-0.3, -0.25) is 10.1 Å². The molecule has 0 radical (unpaired) electrons. The fraction of sp³-hybridized carbons (Fsp3) is 0.462. The Labute approximate surface area is 101 Å². The van der Waals surface area contributed by atoms with Crippen molar-refractivity contribution in [1.82, 2.24) is 5.32 Å². The second-order valence-electron chi connectivity index (χ2n) is 4.32. The molecule has 1 amide bonds. The SMILES string of the molecule is CCC(C)NC(C(N)=O)c1ccc(F)c(C)c1. The van der Waals surface area contributed by atoms with Crippen LogP contribution in [0.15, 0.2) is 18.2 Å². The van der Waals surface area contributed by atoms with Crippen LogP contribution in [0.25, 0.3) is 0 Å². The van der Waals surface area contributed by atoms with Crippen LogP contribution in [0.5, 0.6) is 0 Å². The van der Waals surface area contributed by atoms with Crippen LogP contribution in [0.1, 0.15) is 37.4 Å². The van der Waals surface area contributed by atoms with Gasteiger partial charge in [0.15, 0.2) is 0 Å². The van der Waals surface area contributed by atoms with Gasteiger partial charge in [0.25, 0.3) is 0 Å². The van der Waals surface area contributed by atoms with Gasteiger partial charge in [0, 0.05) is 6.04 Å². The highest BCUT2D eigenvalue weighted by Gasteiger charge is 2.19. The van der Waals surface area contributed by atoms with E-state index < -0.39 is 11.9 Å². The summed E-state index contributed by atoms with van der Waals surface area (Å²) in [6.45, 7) is 5.66. The van der Waals surface area contributed by atoms with Gasteiger partial charge in [-0.15, -0.1) is 0 Å². The fourth-order valence-electron chi connectivity index (χ4n) is 1.59. The number of nitrogens with two attached hydrogens (primary N) is 1. The van der Waals surface area contributed by atoms with Crippen LogP contribution < -0.4 is 11.1 Å². The Balaban J connectivity index is 2.97. The van der Waals surface area contributed by atoms with Gasteiger partial charge >= 0.3 is 0 Å². The lowest BCUT2D eigenvalue weighted by Gasteiger charge is -2.20. The number of aryl methyl sites for hydroxylation is 1. The summed E-state index contributed by atoms with van der Waals surface area (Å²) in [6.07, 6.45) is 0.893. The van der Waals surface area contributed by atoms with Crippen molar-refractivity contribution in [3.63, 3.8) is 0 Å². The first-order chi connectivity index (χ1) is 7.95. The van der Waals surface area contributed by atoms with E-state index in [-0.39, 0.29) is 11.9 Å². The summed E-state index contributed by atoms with van der Waals surface area (Å²) in [7, 11) is 0. The predicted octanol–water partition coefficient (Wildman–Crippen LogP) is 2.05.